The summed E-state index contributed by atoms with van der Waals surface area (Å²) in [4.78, 5) is 4.25. The van der Waals surface area contributed by atoms with Crippen molar-refractivity contribution in [2.24, 2.45) is 4.99 Å². The van der Waals surface area contributed by atoms with Crippen LogP contribution in [0, 0.1) is 6.92 Å². The Morgan fingerprint density at radius 1 is 1.23 bits per heavy atom. The molecule has 0 radical (unpaired) electrons. The van der Waals surface area contributed by atoms with Gasteiger partial charge in [-0.25, -0.2) is 0 Å². The maximum atomic E-state index is 5.31. The van der Waals surface area contributed by atoms with Gasteiger partial charge in [0.05, 0.1) is 13.2 Å². The smallest absolute Gasteiger partial charge is 0.191 e. The van der Waals surface area contributed by atoms with E-state index in [1.54, 1.807) is 7.05 Å². The highest BCUT2D eigenvalue weighted by atomic mass is 127. The fourth-order valence-corrected chi connectivity index (χ4v) is 2.25. The number of nitrogens with one attached hydrogen (secondary N) is 2. The van der Waals surface area contributed by atoms with Crippen molar-refractivity contribution in [2.45, 2.75) is 26.3 Å². The number of ether oxygens (including phenoxy) is 1. The molecule has 0 atom stereocenters. The number of nitrogens with zero attached hydrogens (tertiary/aromatic N) is 1. The fourth-order valence-electron chi connectivity index (χ4n) is 2.25. The first-order valence-electron chi connectivity index (χ1n) is 7.53. The van der Waals surface area contributed by atoms with Gasteiger partial charge in [0, 0.05) is 20.1 Å². The van der Waals surface area contributed by atoms with Crippen molar-refractivity contribution in [2.75, 3.05) is 26.8 Å². The van der Waals surface area contributed by atoms with Gasteiger partial charge in [-0.1, -0.05) is 41.5 Å². The molecule has 1 aliphatic rings. The van der Waals surface area contributed by atoms with Crippen LogP contribution in [0.2, 0.25) is 0 Å². The summed E-state index contributed by atoms with van der Waals surface area (Å²) in [6.45, 7) is 5.40. The molecule has 1 heterocycles. The van der Waals surface area contributed by atoms with Crippen LogP contribution >= 0.6 is 24.0 Å². The summed E-state index contributed by atoms with van der Waals surface area (Å²) in [5.41, 5.74) is 4.02. The Bertz CT molecular complexity index is 497. The summed E-state index contributed by atoms with van der Waals surface area (Å²) in [6, 6.07) is 8.54. The van der Waals surface area contributed by atoms with E-state index < -0.39 is 0 Å². The summed E-state index contributed by atoms with van der Waals surface area (Å²) >= 11 is 0. The second-order valence-electron chi connectivity index (χ2n) is 5.28. The van der Waals surface area contributed by atoms with Crippen molar-refractivity contribution in [3.05, 3.63) is 47.0 Å². The van der Waals surface area contributed by atoms with Gasteiger partial charge >= 0.3 is 0 Å². The maximum Gasteiger partial charge on any atom is 0.191 e. The number of rotatable bonds is 5. The second kappa shape index (κ2) is 10.6. The highest BCUT2D eigenvalue weighted by Crippen LogP contribution is 2.10. The Balaban J connectivity index is 0.00000242. The van der Waals surface area contributed by atoms with Gasteiger partial charge in [0.25, 0.3) is 0 Å². The third-order valence-electron chi connectivity index (χ3n) is 3.60. The Morgan fingerprint density at radius 3 is 2.64 bits per heavy atom. The minimum absolute atomic E-state index is 0. The molecule has 5 heteroatoms. The molecule has 0 aliphatic carbocycles. The van der Waals surface area contributed by atoms with E-state index in [-0.39, 0.29) is 24.0 Å². The van der Waals surface area contributed by atoms with Crippen LogP contribution in [-0.4, -0.2) is 32.8 Å². The summed E-state index contributed by atoms with van der Waals surface area (Å²) in [5.74, 6) is 0.850. The molecule has 0 bridgehead atoms. The second-order valence-corrected chi connectivity index (χ2v) is 5.28. The van der Waals surface area contributed by atoms with E-state index in [0.29, 0.717) is 0 Å². The molecule has 0 amide bonds. The summed E-state index contributed by atoms with van der Waals surface area (Å²) in [5, 5.41) is 6.69. The molecule has 0 aromatic heterocycles. The minimum Gasteiger partial charge on any atom is -0.377 e. The lowest BCUT2D eigenvalue weighted by atomic mass is 10.1. The van der Waals surface area contributed by atoms with Crippen LogP contribution in [0.3, 0.4) is 0 Å². The molecule has 1 aromatic rings. The Labute approximate surface area is 150 Å². The van der Waals surface area contributed by atoms with E-state index in [0.717, 1.165) is 45.1 Å². The van der Waals surface area contributed by atoms with Gasteiger partial charge in [-0.2, -0.15) is 0 Å². The van der Waals surface area contributed by atoms with Crippen molar-refractivity contribution in [3.8, 4) is 0 Å². The molecular weight excluding hydrogens is 389 g/mol. The van der Waals surface area contributed by atoms with Gasteiger partial charge in [0.15, 0.2) is 5.96 Å². The zero-order valence-electron chi connectivity index (χ0n) is 13.4. The molecule has 1 aliphatic heterocycles. The molecule has 0 spiro atoms. The predicted octanol–water partition coefficient (Wildman–Crippen LogP) is 3.01. The van der Waals surface area contributed by atoms with E-state index in [1.165, 1.54) is 16.7 Å². The maximum absolute atomic E-state index is 5.31. The standard InChI is InChI=1S/C17H25N3O.HI/c1-14-3-5-16(6-4-14)13-20-17(18-2)19-10-7-15-8-11-21-12-9-15;/h3-6,8H,7,9-13H2,1-2H3,(H2,18,19,20);1H. The Kier molecular flexibility index (Phi) is 9.15. The molecular formula is C17H26IN3O. The first-order chi connectivity index (χ1) is 10.3. The normalized spacial score (nSPS) is 14.8. The van der Waals surface area contributed by atoms with Crippen LogP contribution in [0.15, 0.2) is 40.9 Å². The average molecular weight is 415 g/mol. The number of guanidine groups is 1. The van der Waals surface area contributed by atoms with Crippen LogP contribution in [0.25, 0.3) is 0 Å². The summed E-state index contributed by atoms with van der Waals surface area (Å²) in [7, 11) is 1.80. The van der Waals surface area contributed by atoms with Gasteiger partial charge in [-0.3, -0.25) is 4.99 Å². The lowest BCUT2D eigenvalue weighted by molar-refractivity contribution is 0.153. The number of aryl methyl sites for hydroxylation is 1. The number of aliphatic imine (C=N–C) groups is 1. The molecule has 0 saturated carbocycles. The summed E-state index contributed by atoms with van der Waals surface area (Å²) < 4.78 is 5.31. The van der Waals surface area contributed by atoms with Gasteiger partial charge in [0.1, 0.15) is 0 Å². The first kappa shape index (κ1) is 19.0. The van der Waals surface area contributed by atoms with Crippen LogP contribution in [0.1, 0.15) is 24.0 Å². The zero-order valence-corrected chi connectivity index (χ0v) is 15.7. The van der Waals surface area contributed by atoms with Gasteiger partial charge in [-0.05, 0) is 25.3 Å². The van der Waals surface area contributed by atoms with Gasteiger partial charge in [0.2, 0.25) is 0 Å². The third-order valence-corrected chi connectivity index (χ3v) is 3.60. The number of hydrogen-bond donors (Lipinski definition) is 2. The van der Waals surface area contributed by atoms with Crippen molar-refractivity contribution in [1.29, 1.82) is 0 Å². The SMILES string of the molecule is CN=C(NCCC1=CCOCC1)NCc1ccc(C)cc1.I. The molecule has 0 saturated heterocycles. The van der Waals surface area contributed by atoms with E-state index in [4.69, 9.17) is 4.74 Å². The van der Waals surface area contributed by atoms with Crippen molar-refractivity contribution in [3.63, 3.8) is 0 Å². The van der Waals surface area contributed by atoms with Crippen LogP contribution < -0.4 is 10.6 Å². The van der Waals surface area contributed by atoms with Gasteiger partial charge < -0.3 is 15.4 Å². The molecule has 0 unspecified atom stereocenters. The van der Waals surface area contributed by atoms with Crippen molar-refractivity contribution in [1.82, 2.24) is 10.6 Å². The highest BCUT2D eigenvalue weighted by molar-refractivity contribution is 14.0. The third kappa shape index (κ3) is 6.79. The average Bonchev–Trinajstić information content (AvgIpc) is 2.53. The monoisotopic (exact) mass is 415 g/mol. The minimum atomic E-state index is 0. The van der Waals surface area contributed by atoms with Crippen molar-refractivity contribution >= 4 is 29.9 Å². The molecule has 2 rings (SSSR count). The quantitative estimate of drug-likeness (QED) is 0.337. The number of hydrogen-bond acceptors (Lipinski definition) is 2. The first-order valence-corrected chi connectivity index (χ1v) is 7.53. The van der Waals surface area contributed by atoms with E-state index in [1.807, 2.05) is 0 Å². The topological polar surface area (TPSA) is 45.7 Å². The number of benzene rings is 1. The molecule has 2 N–H and O–H groups in total. The predicted molar refractivity (Wildman–Crippen MR) is 103 cm³/mol. The van der Waals surface area contributed by atoms with E-state index >= 15 is 0 Å². The zero-order chi connectivity index (χ0) is 14.9. The largest absolute Gasteiger partial charge is 0.377 e. The van der Waals surface area contributed by atoms with Crippen LogP contribution in [0.5, 0.6) is 0 Å². The molecule has 1 aromatic carbocycles. The summed E-state index contributed by atoms with van der Waals surface area (Å²) in [6.07, 6.45) is 4.29. The molecule has 0 fully saturated rings. The van der Waals surface area contributed by atoms with Crippen LogP contribution in [0.4, 0.5) is 0 Å². The fraction of sp³-hybridized carbons (Fsp3) is 0.471. The van der Waals surface area contributed by atoms with E-state index in [9.17, 15) is 0 Å². The Hall–Kier alpha value is -1.08. The molecule has 4 nitrogen and oxygen atoms in total. The molecule has 22 heavy (non-hydrogen) atoms. The van der Waals surface area contributed by atoms with E-state index in [2.05, 4.69) is 52.9 Å². The highest BCUT2D eigenvalue weighted by Gasteiger charge is 2.04. The van der Waals surface area contributed by atoms with Crippen LogP contribution in [-0.2, 0) is 11.3 Å². The van der Waals surface area contributed by atoms with Crippen molar-refractivity contribution < 1.29 is 4.74 Å². The van der Waals surface area contributed by atoms with Gasteiger partial charge in [-0.15, -0.1) is 24.0 Å². The lowest BCUT2D eigenvalue weighted by Gasteiger charge is -2.15. The number of halogens is 1. The lowest BCUT2D eigenvalue weighted by Crippen LogP contribution is -2.37. The Morgan fingerprint density at radius 2 is 2.00 bits per heavy atom. The molecule has 122 valence electrons.